The van der Waals surface area contributed by atoms with Crippen LogP contribution in [0.15, 0.2) is 55.0 Å². The molecule has 0 saturated carbocycles. The number of fused-ring (bicyclic) bond motifs is 1. The minimum absolute atomic E-state index is 0.0406. The van der Waals surface area contributed by atoms with Crippen molar-refractivity contribution < 1.29 is 13.9 Å². The number of halogens is 1. The fraction of sp³-hybridized carbons (Fsp3) is 0.471. The van der Waals surface area contributed by atoms with Gasteiger partial charge in [-0.25, -0.2) is 9.50 Å². The van der Waals surface area contributed by atoms with Gasteiger partial charge in [-0.2, -0.15) is 5.10 Å². The van der Waals surface area contributed by atoms with Gasteiger partial charge in [-0.05, 0) is 84.6 Å². The molecule has 1 fully saturated rings. The van der Waals surface area contributed by atoms with Crippen LogP contribution >= 0.6 is 11.6 Å². The third-order valence-electron chi connectivity index (χ3n) is 8.96. The Morgan fingerprint density at radius 3 is 2.51 bits per heavy atom. The van der Waals surface area contributed by atoms with Gasteiger partial charge in [-0.1, -0.05) is 44.5 Å². The van der Waals surface area contributed by atoms with Crippen LogP contribution in [0.2, 0.25) is 23.2 Å². The van der Waals surface area contributed by atoms with E-state index in [-0.39, 0.29) is 17.2 Å². The highest BCUT2D eigenvalue weighted by Crippen LogP contribution is 2.38. The number of hydrogen-bond acceptors (Lipinski definition) is 6. The number of benzene rings is 2. The van der Waals surface area contributed by atoms with Gasteiger partial charge in [-0.15, -0.1) is 0 Å². The molecule has 230 valence electrons. The molecule has 0 amide bonds. The normalized spacial score (nSPS) is 18.3. The third kappa shape index (κ3) is 7.32. The Labute approximate surface area is 262 Å². The van der Waals surface area contributed by atoms with Crippen molar-refractivity contribution in [2.75, 3.05) is 20.2 Å². The Morgan fingerprint density at radius 2 is 1.81 bits per heavy atom. The summed E-state index contributed by atoms with van der Waals surface area (Å²) >= 11 is 6.66. The van der Waals surface area contributed by atoms with Gasteiger partial charge in [-0.3, -0.25) is 4.90 Å². The van der Waals surface area contributed by atoms with E-state index in [1.807, 2.05) is 35.0 Å². The molecule has 3 heterocycles. The van der Waals surface area contributed by atoms with Gasteiger partial charge >= 0.3 is 0 Å². The summed E-state index contributed by atoms with van der Waals surface area (Å²) in [6.07, 6.45) is 4.61. The lowest BCUT2D eigenvalue weighted by molar-refractivity contribution is -0.0784. The second kappa shape index (κ2) is 12.7. The molecule has 0 N–H and O–H groups in total. The molecular weight excluding hydrogens is 576 g/mol. The number of rotatable bonds is 9. The van der Waals surface area contributed by atoms with E-state index in [0.717, 1.165) is 59.7 Å². The van der Waals surface area contributed by atoms with E-state index in [4.69, 9.17) is 30.5 Å². The van der Waals surface area contributed by atoms with Gasteiger partial charge in [0.1, 0.15) is 12.1 Å². The van der Waals surface area contributed by atoms with Gasteiger partial charge in [0.15, 0.2) is 8.32 Å². The van der Waals surface area contributed by atoms with Crippen LogP contribution in [0.25, 0.3) is 16.8 Å². The molecule has 9 heteroatoms. The van der Waals surface area contributed by atoms with Crippen molar-refractivity contribution >= 4 is 25.4 Å². The number of methoxy groups -OCH3 is 1. The fourth-order valence-electron chi connectivity index (χ4n) is 5.60. The number of ether oxygens (including phenoxy) is 2. The summed E-state index contributed by atoms with van der Waals surface area (Å²) in [5.41, 5.74) is 7.53. The molecule has 1 aliphatic heterocycles. The average molecular weight is 621 g/mol. The molecule has 4 aromatic rings. The molecule has 1 aliphatic rings. The Balaban J connectivity index is 1.41. The van der Waals surface area contributed by atoms with Crippen LogP contribution < -0.4 is 4.74 Å². The predicted octanol–water partition coefficient (Wildman–Crippen LogP) is 7.72. The lowest BCUT2D eigenvalue weighted by Crippen LogP contribution is -2.47. The Hall–Kier alpha value is -2.75. The SMILES string of the molecule is COc1ccc(CN2CC(Cc3c(C)cc(Cl)cc3-c3ncnn4cc(CO[Si](C)(C)C(C)(C)C)cc34)O[C@@H](C)C2)cc1. The number of hydrogen-bond donors (Lipinski definition) is 0. The minimum atomic E-state index is -1.89. The van der Waals surface area contributed by atoms with Gasteiger partial charge in [0.25, 0.3) is 0 Å². The maximum absolute atomic E-state index is 6.66. The summed E-state index contributed by atoms with van der Waals surface area (Å²) < 4.78 is 20.3. The van der Waals surface area contributed by atoms with Crippen molar-refractivity contribution in [3.63, 3.8) is 0 Å². The Morgan fingerprint density at radius 1 is 1.07 bits per heavy atom. The zero-order chi connectivity index (χ0) is 30.9. The second-order valence-corrected chi connectivity index (χ2v) is 18.6. The van der Waals surface area contributed by atoms with Crippen molar-refractivity contribution in [3.05, 3.63) is 82.3 Å². The van der Waals surface area contributed by atoms with Crippen LogP contribution in [-0.2, 0) is 28.7 Å². The van der Waals surface area contributed by atoms with Crippen molar-refractivity contribution in [3.8, 4) is 17.0 Å². The molecule has 2 aromatic carbocycles. The van der Waals surface area contributed by atoms with Gasteiger partial charge in [0.2, 0.25) is 0 Å². The molecule has 2 atom stereocenters. The van der Waals surface area contributed by atoms with Crippen LogP contribution in [0.4, 0.5) is 0 Å². The van der Waals surface area contributed by atoms with Gasteiger partial charge < -0.3 is 13.9 Å². The molecule has 0 bridgehead atoms. The predicted molar refractivity (Wildman–Crippen MR) is 176 cm³/mol. The molecule has 0 aliphatic carbocycles. The van der Waals surface area contributed by atoms with Crippen molar-refractivity contribution in [1.82, 2.24) is 19.5 Å². The number of nitrogens with zero attached hydrogens (tertiary/aromatic N) is 4. The van der Waals surface area contributed by atoms with E-state index >= 15 is 0 Å². The van der Waals surface area contributed by atoms with Crippen LogP contribution in [0.3, 0.4) is 0 Å². The van der Waals surface area contributed by atoms with E-state index in [0.29, 0.717) is 11.6 Å². The first kappa shape index (κ1) is 31.7. The average Bonchev–Trinajstić information content (AvgIpc) is 3.36. The topological polar surface area (TPSA) is 61.1 Å². The largest absolute Gasteiger partial charge is 0.497 e. The van der Waals surface area contributed by atoms with Crippen molar-refractivity contribution in [2.24, 2.45) is 0 Å². The fourth-order valence-corrected chi connectivity index (χ4v) is 6.84. The van der Waals surface area contributed by atoms with Crippen molar-refractivity contribution in [1.29, 1.82) is 0 Å². The first-order valence-corrected chi connectivity index (χ1v) is 18.4. The molecule has 0 radical (unpaired) electrons. The zero-order valence-electron chi connectivity index (χ0n) is 26.8. The molecule has 43 heavy (non-hydrogen) atoms. The number of morpholine rings is 1. The standard InChI is InChI=1S/C34H45ClN4O3Si/c1-23-13-27(35)15-31(33-32-14-26(19-39(32)37-22-36-33)21-41-43(7,8)34(3,4)5)30(23)16-29-20-38(17-24(2)42-29)18-25-9-11-28(40-6)12-10-25/h9-15,19,22,24,29H,16-18,20-21H2,1-8H3/t24-,29?/m0/s1. The van der Waals surface area contributed by atoms with Crippen LogP contribution in [0.1, 0.15) is 49.9 Å². The summed E-state index contributed by atoms with van der Waals surface area (Å²) in [7, 11) is -0.193. The first-order valence-electron chi connectivity index (χ1n) is 15.1. The molecular formula is C34H45ClN4O3Si. The highest BCUT2D eigenvalue weighted by Gasteiger charge is 2.37. The second-order valence-electron chi connectivity index (χ2n) is 13.4. The molecule has 2 aromatic heterocycles. The van der Waals surface area contributed by atoms with E-state index in [1.165, 1.54) is 11.1 Å². The van der Waals surface area contributed by atoms with E-state index in [2.05, 4.69) is 75.9 Å². The molecule has 1 saturated heterocycles. The van der Waals surface area contributed by atoms with Crippen LogP contribution in [0, 0.1) is 6.92 Å². The first-order chi connectivity index (χ1) is 20.3. The maximum atomic E-state index is 6.66. The lowest BCUT2D eigenvalue weighted by atomic mass is 9.93. The summed E-state index contributed by atoms with van der Waals surface area (Å²) in [5, 5.41) is 5.37. The van der Waals surface area contributed by atoms with E-state index < -0.39 is 8.32 Å². The summed E-state index contributed by atoms with van der Waals surface area (Å²) in [6.45, 7) is 18.8. The summed E-state index contributed by atoms with van der Waals surface area (Å²) in [4.78, 5) is 7.27. The number of aryl methyl sites for hydroxylation is 1. The van der Waals surface area contributed by atoms with E-state index in [9.17, 15) is 0 Å². The maximum Gasteiger partial charge on any atom is 0.192 e. The number of aromatic nitrogens is 3. The molecule has 0 spiro atoms. The minimum Gasteiger partial charge on any atom is -0.497 e. The van der Waals surface area contributed by atoms with Crippen LogP contribution in [0.5, 0.6) is 5.75 Å². The van der Waals surface area contributed by atoms with E-state index in [1.54, 1.807) is 13.4 Å². The van der Waals surface area contributed by atoms with Crippen LogP contribution in [-0.4, -0.2) is 60.2 Å². The molecule has 5 rings (SSSR count). The summed E-state index contributed by atoms with van der Waals surface area (Å²) in [5.74, 6) is 0.875. The highest BCUT2D eigenvalue weighted by molar-refractivity contribution is 6.74. The highest BCUT2D eigenvalue weighted by atomic mass is 35.5. The summed E-state index contributed by atoms with van der Waals surface area (Å²) in [6, 6.07) is 14.5. The lowest BCUT2D eigenvalue weighted by Gasteiger charge is -2.37. The van der Waals surface area contributed by atoms with Gasteiger partial charge in [0, 0.05) is 42.8 Å². The Kier molecular flexibility index (Phi) is 9.35. The Bertz CT molecular complexity index is 1560. The smallest absolute Gasteiger partial charge is 0.192 e. The zero-order valence-corrected chi connectivity index (χ0v) is 28.5. The molecule has 1 unspecified atom stereocenters. The monoisotopic (exact) mass is 620 g/mol. The quantitative estimate of drug-likeness (QED) is 0.179. The van der Waals surface area contributed by atoms with Crippen molar-refractivity contribution in [2.45, 2.75) is 84.5 Å². The van der Waals surface area contributed by atoms with Gasteiger partial charge in [0.05, 0.1) is 37.1 Å². The molecule has 7 nitrogen and oxygen atoms in total. The third-order valence-corrected chi connectivity index (χ3v) is 13.7.